The molecular weight excluding hydrogens is 342 g/mol. The largest absolute Gasteiger partial charge is 0.496 e. The Morgan fingerprint density at radius 3 is 2.78 bits per heavy atom. The fraction of sp³-hybridized carbons (Fsp3) is 0.286. The zero-order chi connectivity index (χ0) is 18.8. The van der Waals surface area contributed by atoms with Crippen molar-refractivity contribution in [3.8, 4) is 17.2 Å². The quantitative estimate of drug-likeness (QED) is 0.693. The number of aryl methyl sites for hydroxylation is 1. The number of para-hydroxylation sites is 1. The van der Waals surface area contributed by atoms with Crippen molar-refractivity contribution in [2.75, 3.05) is 13.7 Å². The topological polar surface area (TPSA) is 68.5 Å². The molecular formula is C21H21N3O3. The van der Waals surface area contributed by atoms with Gasteiger partial charge in [0, 0.05) is 25.4 Å². The van der Waals surface area contributed by atoms with Crippen molar-refractivity contribution in [1.82, 2.24) is 15.0 Å². The van der Waals surface area contributed by atoms with Crippen molar-refractivity contribution in [2.24, 2.45) is 0 Å². The molecule has 1 atom stereocenters. The maximum absolute atomic E-state index is 12.5. The predicted molar refractivity (Wildman–Crippen MR) is 100 cm³/mol. The van der Waals surface area contributed by atoms with Crippen molar-refractivity contribution >= 4 is 5.91 Å². The summed E-state index contributed by atoms with van der Waals surface area (Å²) in [7, 11) is 1.61. The highest BCUT2D eigenvalue weighted by Gasteiger charge is 2.34. The highest BCUT2D eigenvalue weighted by molar-refractivity contribution is 5.79. The molecule has 1 aliphatic rings. The molecule has 0 saturated carbocycles. The highest BCUT2D eigenvalue weighted by atomic mass is 16.5. The van der Waals surface area contributed by atoms with Crippen LogP contribution >= 0.6 is 0 Å². The molecule has 0 bridgehead atoms. The average molecular weight is 363 g/mol. The Morgan fingerprint density at radius 2 is 1.96 bits per heavy atom. The van der Waals surface area contributed by atoms with Gasteiger partial charge in [-0.25, -0.2) is 0 Å². The van der Waals surface area contributed by atoms with Crippen molar-refractivity contribution in [3.05, 3.63) is 65.5 Å². The van der Waals surface area contributed by atoms with Crippen molar-refractivity contribution in [1.29, 1.82) is 0 Å². The summed E-state index contributed by atoms with van der Waals surface area (Å²) in [6, 6.07) is 15.6. The first-order valence-electron chi connectivity index (χ1n) is 8.95. The standard InChI is InChI=1S/C21H21N3O3/c1-14-7-3-4-8-15(14)12-24-13-16(11-19(24)25)20-22-21(27-23-20)17-9-5-6-10-18(17)26-2/h3-10,16H,11-13H2,1-2H3. The molecule has 0 radical (unpaired) electrons. The van der Waals surface area contributed by atoms with E-state index in [9.17, 15) is 4.79 Å². The van der Waals surface area contributed by atoms with Crippen LogP contribution in [0.25, 0.3) is 11.5 Å². The molecule has 0 aliphatic carbocycles. The average Bonchev–Trinajstić information content (AvgIpc) is 3.31. The monoisotopic (exact) mass is 363 g/mol. The summed E-state index contributed by atoms with van der Waals surface area (Å²) in [4.78, 5) is 18.9. The first kappa shape index (κ1) is 17.3. The first-order valence-corrected chi connectivity index (χ1v) is 8.95. The van der Waals surface area contributed by atoms with E-state index >= 15 is 0 Å². The number of carbonyl (C=O) groups is 1. The highest BCUT2D eigenvalue weighted by Crippen LogP contribution is 2.32. The van der Waals surface area contributed by atoms with Gasteiger partial charge in [-0.1, -0.05) is 41.6 Å². The van der Waals surface area contributed by atoms with Crippen molar-refractivity contribution < 1.29 is 14.1 Å². The molecule has 138 valence electrons. The van der Waals surface area contributed by atoms with E-state index in [1.54, 1.807) is 7.11 Å². The van der Waals surface area contributed by atoms with Crippen LogP contribution < -0.4 is 4.74 Å². The van der Waals surface area contributed by atoms with Gasteiger partial charge in [-0.05, 0) is 30.2 Å². The number of hydrogen-bond acceptors (Lipinski definition) is 5. The van der Waals surface area contributed by atoms with Crippen LogP contribution in [0, 0.1) is 6.92 Å². The zero-order valence-electron chi connectivity index (χ0n) is 15.4. The molecule has 6 nitrogen and oxygen atoms in total. The molecule has 6 heteroatoms. The van der Waals surface area contributed by atoms with E-state index < -0.39 is 0 Å². The van der Waals surface area contributed by atoms with E-state index in [1.807, 2.05) is 41.3 Å². The van der Waals surface area contributed by atoms with Crippen LogP contribution in [0.4, 0.5) is 0 Å². The number of hydrogen-bond donors (Lipinski definition) is 0. The lowest BCUT2D eigenvalue weighted by Gasteiger charge is -2.17. The molecule has 1 fully saturated rings. The van der Waals surface area contributed by atoms with Crippen LogP contribution in [0.15, 0.2) is 53.1 Å². The number of ether oxygens (including phenoxy) is 1. The molecule has 4 rings (SSSR count). The number of amides is 1. The van der Waals surface area contributed by atoms with E-state index in [2.05, 4.69) is 29.2 Å². The van der Waals surface area contributed by atoms with E-state index in [4.69, 9.17) is 9.26 Å². The summed E-state index contributed by atoms with van der Waals surface area (Å²) >= 11 is 0. The van der Waals surface area contributed by atoms with Gasteiger partial charge in [0.15, 0.2) is 5.82 Å². The molecule has 1 aromatic heterocycles. The molecule has 1 saturated heterocycles. The van der Waals surface area contributed by atoms with Gasteiger partial charge in [-0.15, -0.1) is 0 Å². The molecule has 1 unspecified atom stereocenters. The molecule has 0 spiro atoms. The first-order chi connectivity index (χ1) is 13.2. The molecule has 2 heterocycles. The van der Waals surface area contributed by atoms with Gasteiger partial charge in [0.05, 0.1) is 12.7 Å². The van der Waals surface area contributed by atoms with Gasteiger partial charge in [-0.2, -0.15) is 4.98 Å². The molecule has 27 heavy (non-hydrogen) atoms. The minimum atomic E-state index is -0.0614. The zero-order valence-corrected chi connectivity index (χ0v) is 15.4. The minimum absolute atomic E-state index is 0.0614. The maximum atomic E-state index is 12.5. The second-order valence-electron chi connectivity index (χ2n) is 6.76. The summed E-state index contributed by atoms with van der Waals surface area (Å²) < 4.78 is 10.8. The van der Waals surface area contributed by atoms with Crippen LogP contribution in [0.3, 0.4) is 0 Å². The summed E-state index contributed by atoms with van der Waals surface area (Å²) in [5.74, 6) is 1.71. The van der Waals surface area contributed by atoms with Crippen molar-refractivity contribution in [3.63, 3.8) is 0 Å². The van der Waals surface area contributed by atoms with Crippen molar-refractivity contribution in [2.45, 2.75) is 25.8 Å². The third-order valence-corrected chi connectivity index (χ3v) is 4.98. The Labute approximate surface area is 157 Å². The molecule has 1 amide bonds. The van der Waals surface area contributed by atoms with Gasteiger partial charge in [0.1, 0.15) is 5.75 Å². The normalized spacial score (nSPS) is 16.7. The van der Waals surface area contributed by atoms with Gasteiger partial charge in [0.2, 0.25) is 5.91 Å². The van der Waals surface area contributed by atoms with E-state index in [1.165, 1.54) is 5.56 Å². The number of methoxy groups -OCH3 is 1. The molecule has 1 aliphatic heterocycles. The van der Waals surface area contributed by atoms with Gasteiger partial charge < -0.3 is 14.2 Å². The molecule has 0 N–H and O–H groups in total. The number of nitrogens with zero attached hydrogens (tertiary/aromatic N) is 3. The van der Waals surface area contributed by atoms with E-state index in [0.29, 0.717) is 37.0 Å². The fourth-order valence-electron chi connectivity index (χ4n) is 3.42. The van der Waals surface area contributed by atoms with Crippen LogP contribution in [0.5, 0.6) is 5.75 Å². The SMILES string of the molecule is COc1ccccc1-c1nc(C2CC(=O)N(Cc3ccccc3C)C2)no1. The number of aromatic nitrogens is 2. The third kappa shape index (κ3) is 3.43. The molecule has 2 aromatic carbocycles. The number of carbonyl (C=O) groups excluding carboxylic acids is 1. The minimum Gasteiger partial charge on any atom is -0.496 e. The number of rotatable bonds is 5. The molecule has 3 aromatic rings. The van der Waals surface area contributed by atoms with Crippen LogP contribution in [0.1, 0.15) is 29.3 Å². The Bertz CT molecular complexity index is 967. The Morgan fingerprint density at radius 1 is 1.19 bits per heavy atom. The second kappa shape index (κ2) is 7.23. The Kier molecular flexibility index (Phi) is 4.62. The van der Waals surface area contributed by atoms with E-state index in [-0.39, 0.29) is 11.8 Å². The second-order valence-corrected chi connectivity index (χ2v) is 6.76. The van der Waals surface area contributed by atoms with E-state index in [0.717, 1.165) is 11.1 Å². The Balaban J connectivity index is 1.51. The number of benzene rings is 2. The lowest BCUT2D eigenvalue weighted by molar-refractivity contribution is -0.128. The third-order valence-electron chi connectivity index (χ3n) is 4.98. The number of likely N-dealkylation sites (tertiary alicyclic amines) is 1. The predicted octanol–water partition coefficient (Wildman–Crippen LogP) is 3.57. The Hall–Kier alpha value is -3.15. The van der Waals surface area contributed by atoms with Gasteiger partial charge >= 0.3 is 0 Å². The van der Waals surface area contributed by atoms with Crippen LogP contribution in [-0.4, -0.2) is 34.6 Å². The lowest BCUT2D eigenvalue weighted by atomic mass is 10.1. The van der Waals surface area contributed by atoms with Gasteiger partial charge in [-0.3, -0.25) is 4.79 Å². The smallest absolute Gasteiger partial charge is 0.261 e. The fourth-order valence-corrected chi connectivity index (χ4v) is 3.42. The lowest BCUT2D eigenvalue weighted by Crippen LogP contribution is -2.24. The summed E-state index contributed by atoms with van der Waals surface area (Å²) in [6.07, 6.45) is 0.400. The summed E-state index contributed by atoms with van der Waals surface area (Å²) in [5.41, 5.74) is 3.10. The van der Waals surface area contributed by atoms with Crippen LogP contribution in [-0.2, 0) is 11.3 Å². The summed E-state index contributed by atoms with van der Waals surface area (Å²) in [5, 5.41) is 4.12. The van der Waals surface area contributed by atoms with Crippen LogP contribution in [0.2, 0.25) is 0 Å². The van der Waals surface area contributed by atoms with Gasteiger partial charge in [0.25, 0.3) is 5.89 Å². The summed E-state index contributed by atoms with van der Waals surface area (Å²) in [6.45, 7) is 3.27. The maximum Gasteiger partial charge on any atom is 0.261 e.